The summed E-state index contributed by atoms with van der Waals surface area (Å²) >= 11 is 3.38. The minimum Gasteiger partial charge on any atom is -0.325 e. The molecule has 1 saturated heterocycles. The SMILES string of the molecule is O=C(CN1CCC(C(=O)c2ccccc2)CC1)Nc1ccc(Br)cc1. The Morgan fingerprint density at radius 2 is 1.64 bits per heavy atom. The number of Topliss-reactive ketones (excluding diaryl/α,β-unsaturated/α-hetero) is 1. The average molecular weight is 401 g/mol. The van der Waals surface area contributed by atoms with E-state index in [9.17, 15) is 9.59 Å². The van der Waals surface area contributed by atoms with Crippen LogP contribution < -0.4 is 5.32 Å². The van der Waals surface area contributed by atoms with Gasteiger partial charge >= 0.3 is 0 Å². The Balaban J connectivity index is 1.46. The van der Waals surface area contributed by atoms with Crippen LogP contribution in [0.4, 0.5) is 5.69 Å². The first-order chi connectivity index (χ1) is 12.1. The van der Waals surface area contributed by atoms with Crippen molar-refractivity contribution in [3.8, 4) is 0 Å². The molecule has 3 rings (SSSR count). The van der Waals surface area contributed by atoms with Crippen molar-refractivity contribution in [1.82, 2.24) is 4.90 Å². The van der Waals surface area contributed by atoms with Crippen molar-refractivity contribution in [3.63, 3.8) is 0 Å². The van der Waals surface area contributed by atoms with Crippen LogP contribution in [0.15, 0.2) is 59.1 Å². The molecule has 1 aliphatic heterocycles. The van der Waals surface area contributed by atoms with Gasteiger partial charge in [-0.15, -0.1) is 0 Å². The molecule has 1 N–H and O–H groups in total. The number of anilines is 1. The van der Waals surface area contributed by atoms with Gasteiger partial charge in [-0.3, -0.25) is 14.5 Å². The first-order valence-electron chi connectivity index (χ1n) is 8.49. The molecule has 1 amide bonds. The van der Waals surface area contributed by atoms with Crippen molar-refractivity contribution in [2.75, 3.05) is 25.0 Å². The van der Waals surface area contributed by atoms with E-state index in [2.05, 4.69) is 26.1 Å². The number of amides is 1. The number of halogens is 1. The number of nitrogens with one attached hydrogen (secondary N) is 1. The standard InChI is InChI=1S/C20H21BrN2O2/c21-17-6-8-18(9-7-17)22-19(24)14-23-12-10-16(11-13-23)20(25)15-4-2-1-3-5-15/h1-9,16H,10-14H2,(H,22,24). The number of piperidine rings is 1. The summed E-state index contributed by atoms with van der Waals surface area (Å²) in [6.07, 6.45) is 1.61. The monoisotopic (exact) mass is 400 g/mol. The summed E-state index contributed by atoms with van der Waals surface area (Å²) in [5, 5.41) is 2.91. The number of likely N-dealkylation sites (tertiary alicyclic amines) is 1. The minimum absolute atomic E-state index is 0.0184. The quantitative estimate of drug-likeness (QED) is 0.772. The number of hydrogen-bond acceptors (Lipinski definition) is 3. The van der Waals surface area contributed by atoms with E-state index in [1.54, 1.807) is 0 Å². The highest BCUT2D eigenvalue weighted by Crippen LogP contribution is 2.22. The lowest BCUT2D eigenvalue weighted by molar-refractivity contribution is -0.117. The largest absolute Gasteiger partial charge is 0.325 e. The van der Waals surface area contributed by atoms with Gasteiger partial charge in [-0.25, -0.2) is 0 Å². The molecule has 0 aliphatic carbocycles. The molecule has 1 aliphatic rings. The van der Waals surface area contributed by atoms with Crippen LogP contribution in [0.1, 0.15) is 23.2 Å². The van der Waals surface area contributed by atoms with E-state index in [-0.39, 0.29) is 17.6 Å². The molecule has 25 heavy (non-hydrogen) atoms. The van der Waals surface area contributed by atoms with Crippen LogP contribution >= 0.6 is 15.9 Å². The fraction of sp³-hybridized carbons (Fsp3) is 0.300. The molecule has 2 aromatic rings. The third kappa shape index (κ3) is 5.00. The van der Waals surface area contributed by atoms with Crippen LogP contribution in [-0.4, -0.2) is 36.2 Å². The molecule has 0 unspecified atom stereocenters. The zero-order valence-corrected chi connectivity index (χ0v) is 15.5. The van der Waals surface area contributed by atoms with E-state index >= 15 is 0 Å². The fourth-order valence-corrected chi connectivity index (χ4v) is 3.39. The Kier molecular flexibility index (Phi) is 6.00. The van der Waals surface area contributed by atoms with E-state index in [0.717, 1.165) is 41.7 Å². The third-order valence-corrected chi connectivity index (χ3v) is 5.04. The topological polar surface area (TPSA) is 49.4 Å². The smallest absolute Gasteiger partial charge is 0.238 e. The Morgan fingerprint density at radius 1 is 1.00 bits per heavy atom. The molecule has 0 atom stereocenters. The highest BCUT2D eigenvalue weighted by Gasteiger charge is 2.26. The molecule has 0 saturated carbocycles. The second kappa shape index (κ2) is 8.41. The van der Waals surface area contributed by atoms with Gasteiger partial charge in [-0.2, -0.15) is 0 Å². The van der Waals surface area contributed by atoms with Crippen LogP contribution in [0.2, 0.25) is 0 Å². The minimum atomic E-state index is -0.0184. The number of carbonyl (C=O) groups is 2. The van der Waals surface area contributed by atoms with E-state index in [0.29, 0.717) is 6.54 Å². The molecule has 5 heteroatoms. The number of ketones is 1. The first-order valence-corrected chi connectivity index (χ1v) is 9.28. The highest BCUT2D eigenvalue weighted by molar-refractivity contribution is 9.10. The maximum absolute atomic E-state index is 12.5. The molecule has 4 nitrogen and oxygen atoms in total. The molecule has 0 aromatic heterocycles. The Hall–Kier alpha value is -1.98. The summed E-state index contributed by atoms with van der Waals surface area (Å²) in [7, 11) is 0. The number of carbonyl (C=O) groups excluding carboxylic acids is 2. The lowest BCUT2D eigenvalue weighted by Gasteiger charge is -2.30. The van der Waals surface area contributed by atoms with Crippen LogP contribution in [0.25, 0.3) is 0 Å². The maximum atomic E-state index is 12.5. The van der Waals surface area contributed by atoms with Crippen molar-refractivity contribution >= 4 is 33.3 Å². The molecule has 2 aromatic carbocycles. The molecule has 1 heterocycles. The molecular weight excluding hydrogens is 380 g/mol. The second-order valence-electron chi connectivity index (χ2n) is 6.34. The zero-order valence-electron chi connectivity index (χ0n) is 14.0. The van der Waals surface area contributed by atoms with Gasteiger partial charge in [0.05, 0.1) is 6.54 Å². The predicted octanol–water partition coefficient (Wildman–Crippen LogP) is 3.98. The molecule has 0 radical (unpaired) electrons. The predicted molar refractivity (Wildman–Crippen MR) is 103 cm³/mol. The Morgan fingerprint density at radius 3 is 2.28 bits per heavy atom. The third-order valence-electron chi connectivity index (χ3n) is 4.51. The van der Waals surface area contributed by atoms with E-state index in [4.69, 9.17) is 0 Å². The van der Waals surface area contributed by atoms with Gasteiger partial charge in [-0.1, -0.05) is 46.3 Å². The summed E-state index contributed by atoms with van der Waals surface area (Å²) in [5.74, 6) is 0.267. The van der Waals surface area contributed by atoms with E-state index < -0.39 is 0 Å². The molecule has 0 bridgehead atoms. The maximum Gasteiger partial charge on any atom is 0.238 e. The van der Waals surface area contributed by atoms with Crippen molar-refractivity contribution in [2.45, 2.75) is 12.8 Å². The first kappa shape index (κ1) is 17.8. The zero-order chi connectivity index (χ0) is 17.6. The Bertz CT molecular complexity index is 723. The van der Waals surface area contributed by atoms with E-state index in [1.807, 2.05) is 54.6 Å². The molecule has 1 fully saturated rings. The van der Waals surface area contributed by atoms with Gasteiger partial charge in [0.2, 0.25) is 5.91 Å². The number of benzene rings is 2. The summed E-state index contributed by atoms with van der Waals surface area (Å²) in [6.45, 7) is 1.91. The molecule has 130 valence electrons. The number of rotatable bonds is 5. The van der Waals surface area contributed by atoms with Gasteiger partial charge in [0.15, 0.2) is 5.78 Å². The lowest BCUT2D eigenvalue weighted by Crippen LogP contribution is -2.40. The van der Waals surface area contributed by atoms with E-state index in [1.165, 1.54) is 0 Å². The molecular formula is C20H21BrN2O2. The summed E-state index contributed by atoms with van der Waals surface area (Å²) < 4.78 is 0.982. The van der Waals surface area contributed by atoms with Crippen molar-refractivity contribution in [1.29, 1.82) is 0 Å². The summed E-state index contributed by atoms with van der Waals surface area (Å²) in [5.41, 5.74) is 1.58. The van der Waals surface area contributed by atoms with Gasteiger partial charge in [0.25, 0.3) is 0 Å². The number of nitrogens with zero attached hydrogens (tertiary/aromatic N) is 1. The lowest BCUT2D eigenvalue weighted by atomic mass is 9.89. The normalized spacial score (nSPS) is 15.7. The summed E-state index contributed by atoms with van der Waals surface area (Å²) in [6, 6.07) is 17.0. The number of hydrogen-bond donors (Lipinski definition) is 1. The van der Waals surface area contributed by atoms with Crippen LogP contribution in [0.3, 0.4) is 0 Å². The van der Waals surface area contributed by atoms with Crippen LogP contribution in [0.5, 0.6) is 0 Å². The summed E-state index contributed by atoms with van der Waals surface area (Å²) in [4.78, 5) is 26.8. The van der Waals surface area contributed by atoms with Gasteiger partial charge in [-0.05, 0) is 50.2 Å². The van der Waals surface area contributed by atoms with Crippen molar-refractivity contribution in [3.05, 3.63) is 64.6 Å². The van der Waals surface area contributed by atoms with Crippen LogP contribution in [-0.2, 0) is 4.79 Å². The van der Waals surface area contributed by atoms with Crippen molar-refractivity contribution in [2.24, 2.45) is 5.92 Å². The van der Waals surface area contributed by atoms with Crippen molar-refractivity contribution < 1.29 is 9.59 Å². The second-order valence-corrected chi connectivity index (χ2v) is 7.25. The van der Waals surface area contributed by atoms with Gasteiger partial charge in [0.1, 0.15) is 0 Å². The Labute approximate surface area is 156 Å². The fourth-order valence-electron chi connectivity index (χ4n) is 3.13. The highest BCUT2D eigenvalue weighted by atomic mass is 79.9. The molecule has 0 spiro atoms. The average Bonchev–Trinajstić information content (AvgIpc) is 2.64. The van der Waals surface area contributed by atoms with Gasteiger partial charge in [0, 0.05) is 21.6 Å². The van der Waals surface area contributed by atoms with Crippen LogP contribution in [0, 0.1) is 5.92 Å². The van der Waals surface area contributed by atoms with Gasteiger partial charge < -0.3 is 5.32 Å².